The number of aromatic amines is 1. The van der Waals surface area contributed by atoms with Gasteiger partial charge in [-0.25, -0.2) is 4.98 Å². The summed E-state index contributed by atoms with van der Waals surface area (Å²) in [5, 5.41) is 0. The summed E-state index contributed by atoms with van der Waals surface area (Å²) in [4.78, 5) is 36.7. The third kappa shape index (κ3) is 4.07. The summed E-state index contributed by atoms with van der Waals surface area (Å²) in [6, 6.07) is 7.86. The number of nitrogens with zero attached hydrogens (tertiary/aromatic N) is 3. The van der Waals surface area contributed by atoms with Crippen LogP contribution in [0.25, 0.3) is 11.0 Å². The normalized spacial score (nSPS) is 26.8. The second-order valence-electron chi connectivity index (χ2n) is 8.63. The van der Waals surface area contributed by atoms with Gasteiger partial charge < -0.3 is 19.5 Å². The molecule has 1 aromatic carbocycles. The average Bonchev–Trinajstić information content (AvgIpc) is 3.14. The van der Waals surface area contributed by atoms with Gasteiger partial charge in [-0.15, -0.1) is 0 Å². The Morgan fingerprint density at radius 3 is 2.69 bits per heavy atom. The number of methoxy groups -OCH3 is 1. The highest BCUT2D eigenvalue weighted by Gasteiger charge is 2.44. The number of aromatic nitrogens is 2. The monoisotopic (exact) mass is 398 g/mol. The molecule has 1 saturated heterocycles. The minimum absolute atomic E-state index is 0.115. The summed E-state index contributed by atoms with van der Waals surface area (Å²) < 4.78 is 5.73. The van der Waals surface area contributed by atoms with E-state index in [0.29, 0.717) is 36.4 Å². The number of carbonyl (C=O) groups is 1. The Hall–Kier alpha value is -2.25. The molecule has 1 aliphatic carbocycles. The zero-order valence-electron chi connectivity index (χ0n) is 17.4. The highest BCUT2D eigenvalue weighted by Crippen LogP contribution is 2.38. The zero-order chi connectivity index (χ0) is 20.5. The van der Waals surface area contributed by atoms with Crippen LogP contribution in [0.4, 0.5) is 0 Å². The van der Waals surface area contributed by atoms with E-state index in [2.05, 4.69) is 29.0 Å². The number of carbonyl (C=O) groups excluding carboxylic acids is 1. The van der Waals surface area contributed by atoms with Gasteiger partial charge >= 0.3 is 0 Å². The number of rotatable bonds is 5. The standard InChI is InChI=1S/C22H30N4O3/c1-25(2)19-10-14-12-26(13-15(14)11-20(19)29-3)21(27)9-8-18-22(28)24-17-7-5-4-6-16(17)23-18/h4-7,14-15,19-20H,8-13H2,1-3H3,(H,24,28)/t14-,15+,19-,20-/m1/s1. The number of likely N-dealkylation sites (N-methyl/N-ethyl adjacent to an activating group) is 1. The van der Waals surface area contributed by atoms with E-state index in [1.807, 2.05) is 29.2 Å². The predicted molar refractivity (Wildman–Crippen MR) is 112 cm³/mol. The van der Waals surface area contributed by atoms with E-state index >= 15 is 0 Å². The third-order valence-corrected chi connectivity index (χ3v) is 6.65. The topological polar surface area (TPSA) is 78.5 Å². The number of benzene rings is 1. The minimum atomic E-state index is -0.205. The van der Waals surface area contributed by atoms with Gasteiger partial charge in [0.05, 0.1) is 17.1 Å². The lowest BCUT2D eigenvalue weighted by Crippen LogP contribution is -2.47. The molecule has 1 N–H and O–H groups in total. The molecule has 0 bridgehead atoms. The molecule has 4 atom stereocenters. The van der Waals surface area contributed by atoms with E-state index in [-0.39, 0.29) is 17.6 Å². The largest absolute Gasteiger partial charge is 0.380 e. The van der Waals surface area contributed by atoms with Crippen molar-refractivity contribution in [2.24, 2.45) is 11.8 Å². The molecule has 2 fully saturated rings. The van der Waals surface area contributed by atoms with Crippen LogP contribution in [0.2, 0.25) is 0 Å². The number of amides is 1. The maximum absolute atomic E-state index is 12.8. The Morgan fingerprint density at radius 2 is 1.97 bits per heavy atom. The average molecular weight is 399 g/mol. The van der Waals surface area contributed by atoms with E-state index in [0.717, 1.165) is 37.0 Å². The molecule has 0 spiro atoms. The van der Waals surface area contributed by atoms with E-state index < -0.39 is 0 Å². The Kier molecular flexibility index (Phi) is 5.69. The molecular weight excluding hydrogens is 368 g/mol. The van der Waals surface area contributed by atoms with E-state index in [9.17, 15) is 9.59 Å². The molecule has 1 aromatic heterocycles. The summed E-state index contributed by atoms with van der Waals surface area (Å²) >= 11 is 0. The molecule has 29 heavy (non-hydrogen) atoms. The molecule has 2 aliphatic rings. The molecule has 156 valence electrons. The van der Waals surface area contributed by atoms with Crippen LogP contribution >= 0.6 is 0 Å². The maximum atomic E-state index is 12.8. The number of hydrogen-bond acceptors (Lipinski definition) is 5. The molecule has 1 amide bonds. The number of likely N-dealkylation sites (tertiary alicyclic amines) is 1. The predicted octanol–water partition coefficient (Wildman–Crippen LogP) is 1.67. The quantitative estimate of drug-likeness (QED) is 0.829. The van der Waals surface area contributed by atoms with Gasteiger partial charge in [-0.1, -0.05) is 12.1 Å². The van der Waals surface area contributed by atoms with Crippen molar-refractivity contribution in [1.82, 2.24) is 19.8 Å². The second kappa shape index (κ2) is 8.24. The fraction of sp³-hybridized carbons (Fsp3) is 0.591. The van der Waals surface area contributed by atoms with Crippen molar-refractivity contribution in [1.29, 1.82) is 0 Å². The summed E-state index contributed by atoms with van der Waals surface area (Å²) in [6.45, 7) is 1.61. The maximum Gasteiger partial charge on any atom is 0.270 e. The van der Waals surface area contributed by atoms with Crippen LogP contribution in [-0.2, 0) is 16.0 Å². The second-order valence-corrected chi connectivity index (χ2v) is 8.63. The van der Waals surface area contributed by atoms with Crippen molar-refractivity contribution >= 4 is 16.9 Å². The highest BCUT2D eigenvalue weighted by atomic mass is 16.5. The highest BCUT2D eigenvalue weighted by molar-refractivity contribution is 5.77. The molecule has 0 radical (unpaired) electrons. The number of para-hydroxylation sites is 2. The molecule has 1 saturated carbocycles. The number of hydrogen-bond donors (Lipinski definition) is 1. The van der Waals surface area contributed by atoms with Crippen LogP contribution in [0.1, 0.15) is 25.0 Å². The van der Waals surface area contributed by atoms with Crippen LogP contribution in [0.5, 0.6) is 0 Å². The van der Waals surface area contributed by atoms with Crippen molar-refractivity contribution in [2.75, 3.05) is 34.3 Å². The van der Waals surface area contributed by atoms with Crippen molar-refractivity contribution in [3.8, 4) is 0 Å². The number of ether oxygens (including phenoxy) is 1. The molecule has 1 aliphatic heterocycles. The Bertz CT molecular complexity index is 941. The van der Waals surface area contributed by atoms with Crippen molar-refractivity contribution in [2.45, 2.75) is 37.8 Å². The van der Waals surface area contributed by atoms with Crippen LogP contribution in [0.15, 0.2) is 29.1 Å². The first kappa shape index (κ1) is 20.0. The summed E-state index contributed by atoms with van der Waals surface area (Å²) in [6.07, 6.45) is 2.97. The zero-order valence-corrected chi connectivity index (χ0v) is 17.4. The van der Waals surface area contributed by atoms with E-state index in [1.54, 1.807) is 7.11 Å². The van der Waals surface area contributed by atoms with Gasteiger partial charge in [0.2, 0.25) is 5.91 Å². The third-order valence-electron chi connectivity index (χ3n) is 6.65. The van der Waals surface area contributed by atoms with E-state index in [4.69, 9.17) is 4.74 Å². The van der Waals surface area contributed by atoms with Crippen LogP contribution < -0.4 is 5.56 Å². The summed E-state index contributed by atoms with van der Waals surface area (Å²) in [5.41, 5.74) is 1.70. The van der Waals surface area contributed by atoms with Gasteiger partial charge in [0.25, 0.3) is 5.56 Å². The smallest absolute Gasteiger partial charge is 0.270 e. The SMILES string of the molecule is CO[C@@H]1C[C@H]2CN(C(=O)CCc3nc4ccccc4[nH]c3=O)C[C@H]2C[C@H]1N(C)C. The van der Waals surface area contributed by atoms with Gasteiger partial charge in [0.1, 0.15) is 5.69 Å². The first-order valence-corrected chi connectivity index (χ1v) is 10.4. The van der Waals surface area contributed by atoms with Gasteiger partial charge in [-0.2, -0.15) is 0 Å². The Labute approximate surface area is 171 Å². The molecule has 7 nitrogen and oxygen atoms in total. The van der Waals surface area contributed by atoms with Crippen molar-refractivity contribution < 1.29 is 9.53 Å². The van der Waals surface area contributed by atoms with Crippen molar-refractivity contribution in [3.63, 3.8) is 0 Å². The fourth-order valence-corrected chi connectivity index (χ4v) is 5.01. The van der Waals surface area contributed by atoms with Crippen LogP contribution in [-0.4, -0.2) is 72.1 Å². The molecule has 2 aromatic rings. The summed E-state index contributed by atoms with van der Waals surface area (Å²) in [7, 11) is 5.99. The number of H-pyrrole nitrogens is 1. The lowest BCUT2D eigenvalue weighted by molar-refractivity contribution is -0.130. The Morgan fingerprint density at radius 1 is 1.24 bits per heavy atom. The van der Waals surface area contributed by atoms with Gasteiger partial charge in [0, 0.05) is 39.1 Å². The van der Waals surface area contributed by atoms with Crippen LogP contribution in [0, 0.1) is 11.8 Å². The molecule has 2 heterocycles. The van der Waals surface area contributed by atoms with E-state index in [1.165, 1.54) is 0 Å². The minimum Gasteiger partial charge on any atom is -0.380 e. The number of aryl methyl sites for hydroxylation is 1. The van der Waals surface area contributed by atoms with Gasteiger partial charge in [0.15, 0.2) is 0 Å². The summed E-state index contributed by atoms with van der Waals surface area (Å²) in [5.74, 6) is 1.14. The lowest BCUT2D eigenvalue weighted by Gasteiger charge is -2.40. The van der Waals surface area contributed by atoms with Gasteiger partial charge in [-0.05, 0) is 50.9 Å². The van der Waals surface area contributed by atoms with Crippen molar-refractivity contribution in [3.05, 3.63) is 40.3 Å². The molecule has 0 unspecified atom stereocenters. The molecular formula is C22H30N4O3. The lowest BCUT2D eigenvalue weighted by atomic mass is 9.77. The number of fused-ring (bicyclic) bond motifs is 2. The first-order chi connectivity index (χ1) is 14.0. The first-order valence-electron chi connectivity index (χ1n) is 10.4. The molecule has 4 rings (SSSR count). The van der Waals surface area contributed by atoms with Crippen LogP contribution in [0.3, 0.4) is 0 Å². The molecule has 7 heteroatoms. The van der Waals surface area contributed by atoms with Gasteiger partial charge in [-0.3, -0.25) is 9.59 Å². The number of nitrogens with one attached hydrogen (secondary N) is 1. The Balaban J connectivity index is 1.39. The fourth-order valence-electron chi connectivity index (χ4n) is 5.01.